The number of likely N-dealkylation sites (N-methyl/N-ethyl adjacent to an activating group) is 1. The molecule has 2 aromatic rings. The van der Waals surface area contributed by atoms with Gasteiger partial charge in [0.1, 0.15) is 18.5 Å². The Bertz CT molecular complexity index is 838. The number of nitrogens with zero attached hydrogens (tertiary/aromatic N) is 4. The van der Waals surface area contributed by atoms with E-state index in [1.807, 2.05) is 13.8 Å². The number of halogens is 3. The maximum Gasteiger partial charge on any atom is 0.388 e. The minimum atomic E-state index is -2.96. The van der Waals surface area contributed by atoms with E-state index < -0.39 is 18.9 Å². The molecule has 0 amide bonds. The molecule has 2 aromatic heterocycles. The van der Waals surface area contributed by atoms with Gasteiger partial charge in [0.05, 0.1) is 25.5 Å². The predicted octanol–water partition coefficient (Wildman–Crippen LogP) is 3.67. The van der Waals surface area contributed by atoms with Gasteiger partial charge < -0.3 is 19.3 Å². The summed E-state index contributed by atoms with van der Waals surface area (Å²) in [6.45, 7) is 3.99. The first-order valence-corrected chi connectivity index (χ1v) is 10.1. The second-order valence-corrected chi connectivity index (χ2v) is 7.36. The Balaban J connectivity index is 0.00000124. The number of alkyl halides is 3. The molecular weight excluding hydrogens is 401 g/mol. The van der Waals surface area contributed by atoms with Gasteiger partial charge in [-0.25, -0.2) is 4.39 Å². The standard InChI is InChI=1S/C17H22F3N6O2.C2H6/c1-3-9-4-11(16(18)10-8-26(9,10)2)27-15-7-21-6-13(23-15)22-12-5-14(25-24-12)28-17(19)20;1-2/h5-7,9-11,16-17H,3-4,8H2,1-2H3,(H2,22,23,24,25);1-2H3/q+1;. The zero-order valence-corrected chi connectivity index (χ0v) is 17.5. The van der Waals surface area contributed by atoms with Crippen LogP contribution in [0, 0.1) is 0 Å². The summed E-state index contributed by atoms with van der Waals surface area (Å²) in [6.07, 6.45) is 2.83. The second kappa shape index (κ2) is 9.07. The molecule has 5 unspecified atom stereocenters. The van der Waals surface area contributed by atoms with Crippen molar-refractivity contribution in [1.82, 2.24) is 20.2 Å². The van der Waals surface area contributed by atoms with Gasteiger partial charge in [-0.1, -0.05) is 20.8 Å². The van der Waals surface area contributed by atoms with Crippen LogP contribution in [0.25, 0.3) is 0 Å². The quantitative estimate of drug-likeness (QED) is 0.516. The van der Waals surface area contributed by atoms with Gasteiger partial charge in [0, 0.05) is 12.5 Å². The Morgan fingerprint density at radius 3 is 2.77 bits per heavy atom. The van der Waals surface area contributed by atoms with E-state index in [0.29, 0.717) is 24.1 Å². The zero-order valence-electron chi connectivity index (χ0n) is 17.5. The van der Waals surface area contributed by atoms with Gasteiger partial charge in [0.15, 0.2) is 18.0 Å². The molecule has 2 N–H and O–H groups in total. The lowest BCUT2D eigenvalue weighted by Crippen LogP contribution is -2.51. The van der Waals surface area contributed by atoms with Crippen LogP contribution in [0.2, 0.25) is 0 Å². The van der Waals surface area contributed by atoms with Crippen LogP contribution in [0.1, 0.15) is 33.6 Å². The van der Waals surface area contributed by atoms with Crippen molar-refractivity contribution in [2.24, 2.45) is 0 Å². The number of rotatable bonds is 7. The van der Waals surface area contributed by atoms with Gasteiger partial charge in [0.25, 0.3) is 0 Å². The lowest BCUT2D eigenvalue weighted by molar-refractivity contribution is -0.829. The molecule has 0 aromatic carbocycles. The molecule has 8 nitrogen and oxygen atoms in total. The molecule has 166 valence electrons. The highest BCUT2D eigenvalue weighted by Gasteiger charge is 2.66. The first kappa shape index (κ1) is 22.1. The van der Waals surface area contributed by atoms with Gasteiger partial charge in [-0.2, -0.15) is 13.8 Å². The Labute approximate surface area is 173 Å². The number of aromatic nitrogens is 4. The highest BCUT2D eigenvalue weighted by atomic mass is 19.3. The minimum Gasteiger partial charge on any atom is -0.470 e. The van der Waals surface area contributed by atoms with Gasteiger partial charge in [0.2, 0.25) is 11.8 Å². The van der Waals surface area contributed by atoms with Crippen molar-refractivity contribution < 1.29 is 27.1 Å². The largest absolute Gasteiger partial charge is 0.470 e. The van der Waals surface area contributed by atoms with Crippen molar-refractivity contribution in [3.8, 4) is 11.8 Å². The van der Waals surface area contributed by atoms with E-state index in [4.69, 9.17) is 4.74 Å². The predicted molar refractivity (Wildman–Crippen MR) is 105 cm³/mol. The fraction of sp³-hybridized carbons (Fsp3) is 0.632. The smallest absolute Gasteiger partial charge is 0.388 e. The lowest BCUT2D eigenvalue weighted by Gasteiger charge is -2.35. The number of quaternary nitrogens is 1. The average molecular weight is 429 g/mol. The van der Waals surface area contributed by atoms with Crippen LogP contribution in [0.5, 0.6) is 11.8 Å². The number of nitrogens with one attached hydrogen (secondary N) is 2. The first-order valence-electron chi connectivity index (χ1n) is 10.1. The van der Waals surface area contributed by atoms with Crippen LogP contribution in [-0.2, 0) is 0 Å². The molecule has 2 fully saturated rings. The fourth-order valence-corrected chi connectivity index (χ4v) is 4.06. The number of ether oxygens (including phenoxy) is 2. The number of hydrogen-bond donors (Lipinski definition) is 2. The van der Waals surface area contributed by atoms with Crippen LogP contribution in [0.4, 0.5) is 24.8 Å². The Hall–Kier alpha value is -2.56. The number of aromatic amines is 1. The number of H-pyrrole nitrogens is 1. The number of hydrogen-bond acceptors (Lipinski definition) is 6. The van der Waals surface area contributed by atoms with Crippen molar-refractivity contribution in [2.75, 3.05) is 18.9 Å². The first-order chi connectivity index (χ1) is 14.4. The maximum atomic E-state index is 14.8. The van der Waals surface area contributed by atoms with Crippen LogP contribution in [-0.4, -0.2) is 69.2 Å². The molecule has 11 heteroatoms. The van der Waals surface area contributed by atoms with E-state index in [0.717, 1.165) is 17.4 Å². The monoisotopic (exact) mass is 429 g/mol. The fourth-order valence-electron chi connectivity index (χ4n) is 4.06. The average Bonchev–Trinajstić information content (AvgIpc) is 3.26. The summed E-state index contributed by atoms with van der Waals surface area (Å²) in [4.78, 5) is 8.32. The van der Waals surface area contributed by atoms with E-state index in [-0.39, 0.29) is 17.8 Å². The van der Waals surface area contributed by atoms with E-state index in [2.05, 4.69) is 44.2 Å². The topological polar surface area (TPSA) is 85.0 Å². The van der Waals surface area contributed by atoms with Crippen molar-refractivity contribution in [3.05, 3.63) is 18.5 Å². The van der Waals surface area contributed by atoms with Gasteiger partial charge in [-0.05, 0) is 6.42 Å². The Kier molecular flexibility index (Phi) is 6.69. The summed E-state index contributed by atoms with van der Waals surface area (Å²) >= 11 is 0. The summed E-state index contributed by atoms with van der Waals surface area (Å²) in [5.74, 6) is 0.541. The van der Waals surface area contributed by atoms with Gasteiger partial charge in [-0.3, -0.25) is 10.1 Å². The molecule has 2 aliphatic rings. The van der Waals surface area contributed by atoms with Crippen LogP contribution < -0.4 is 14.8 Å². The van der Waals surface area contributed by atoms with Crippen molar-refractivity contribution in [1.29, 1.82) is 0 Å². The van der Waals surface area contributed by atoms with Crippen LogP contribution in [0.15, 0.2) is 18.5 Å². The summed E-state index contributed by atoms with van der Waals surface area (Å²) < 4.78 is 50.0. The van der Waals surface area contributed by atoms with Crippen molar-refractivity contribution in [2.45, 2.75) is 64.6 Å². The van der Waals surface area contributed by atoms with Gasteiger partial charge in [-0.15, -0.1) is 5.10 Å². The minimum absolute atomic E-state index is 0.0174. The molecule has 4 heterocycles. The van der Waals surface area contributed by atoms with E-state index in [9.17, 15) is 13.2 Å². The third-order valence-electron chi connectivity index (χ3n) is 5.65. The molecule has 0 saturated carbocycles. The number of piperidine rings is 1. The molecule has 4 rings (SSSR count). The highest BCUT2D eigenvalue weighted by molar-refractivity contribution is 5.52. The molecule has 0 aliphatic carbocycles. The molecule has 5 atom stereocenters. The van der Waals surface area contributed by atoms with E-state index >= 15 is 0 Å². The molecule has 0 bridgehead atoms. The maximum absolute atomic E-state index is 14.8. The number of anilines is 2. The molecule has 2 saturated heterocycles. The summed E-state index contributed by atoms with van der Waals surface area (Å²) in [5.41, 5.74) is 0. The Morgan fingerprint density at radius 2 is 2.07 bits per heavy atom. The zero-order chi connectivity index (χ0) is 21.9. The molecular formula is C19H28F3N6O2+. The second-order valence-electron chi connectivity index (χ2n) is 7.36. The van der Waals surface area contributed by atoms with Crippen molar-refractivity contribution in [3.63, 3.8) is 0 Å². The molecule has 2 aliphatic heterocycles. The summed E-state index contributed by atoms with van der Waals surface area (Å²) in [6, 6.07) is 1.61. The lowest BCUT2D eigenvalue weighted by atomic mass is 9.96. The van der Waals surface area contributed by atoms with E-state index in [1.165, 1.54) is 18.5 Å². The third kappa shape index (κ3) is 4.61. The van der Waals surface area contributed by atoms with Crippen LogP contribution in [0.3, 0.4) is 0 Å². The SMILES string of the molecule is CC.CCC1CC(Oc2cncc(Nc3cc(OC(F)F)n[nH]3)n2)C(F)C2C[N+]12C. The normalized spacial score (nSPS) is 29.5. The molecule has 0 spiro atoms. The Morgan fingerprint density at radius 1 is 1.30 bits per heavy atom. The van der Waals surface area contributed by atoms with Crippen molar-refractivity contribution >= 4 is 11.6 Å². The summed E-state index contributed by atoms with van der Waals surface area (Å²) in [7, 11) is 2.10. The molecule has 0 radical (unpaired) electrons. The summed E-state index contributed by atoms with van der Waals surface area (Å²) in [5, 5.41) is 8.94. The van der Waals surface area contributed by atoms with Gasteiger partial charge >= 0.3 is 6.61 Å². The van der Waals surface area contributed by atoms with E-state index in [1.54, 1.807) is 0 Å². The third-order valence-corrected chi connectivity index (χ3v) is 5.65. The number of fused-ring (bicyclic) bond motifs is 1. The molecule has 30 heavy (non-hydrogen) atoms. The van der Waals surface area contributed by atoms with Crippen LogP contribution >= 0.6 is 0 Å². The highest BCUT2D eigenvalue weighted by Crippen LogP contribution is 2.45.